The summed E-state index contributed by atoms with van der Waals surface area (Å²) in [4.78, 5) is 13.8. The molecule has 0 saturated carbocycles. The first-order chi connectivity index (χ1) is 10.1. The van der Waals surface area contributed by atoms with Crippen molar-refractivity contribution in [3.05, 3.63) is 0 Å². The van der Waals surface area contributed by atoms with Crippen LogP contribution in [0.15, 0.2) is 0 Å². The summed E-state index contributed by atoms with van der Waals surface area (Å²) in [5, 5.41) is 0. The fourth-order valence-electron chi connectivity index (χ4n) is 2.47. The van der Waals surface area contributed by atoms with Crippen LogP contribution in [0.2, 0.25) is 0 Å². The molecule has 0 spiro atoms. The number of carbonyl (C=O) groups excluding carboxylic acids is 1. The predicted octanol–water partition coefficient (Wildman–Crippen LogP) is 1.56. The van der Waals surface area contributed by atoms with Gasteiger partial charge in [-0.3, -0.25) is 0 Å². The van der Waals surface area contributed by atoms with Crippen molar-refractivity contribution in [2.45, 2.75) is 59.1 Å². The average molecular weight is 335 g/mol. The second kappa shape index (κ2) is 7.61. The Kier molecular flexibility index (Phi) is 6.64. The van der Waals surface area contributed by atoms with E-state index in [-0.39, 0.29) is 18.7 Å². The molecular weight excluding hydrogens is 306 g/mol. The van der Waals surface area contributed by atoms with Crippen LogP contribution in [0.5, 0.6) is 0 Å². The van der Waals surface area contributed by atoms with Gasteiger partial charge >= 0.3 is 6.09 Å². The molecular formula is C14H29N3O4S. The first-order valence-corrected chi connectivity index (χ1v) is 9.29. The van der Waals surface area contributed by atoms with E-state index in [4.69, 9.17) is 4.74 Å². The van der Waals surface area contributed by atoms with Gasteiger partial charge in [-0.2, -0.15) is 12.7 Å². The van der Waals surface area contributed by atoms with Gasteiger partial charge in [0.2, 0.25) is 0 Å². The molecule has 1 aliphatic heterocycles. The Morgan fingerprint density at radius 3 is 2.41 bits per heavy atom. The molecule has 0 radical (unpaired) electrons. The molecule has 0 bridgehead atoms. The van der Waals surface area contributed by atoms with E-state index in [0.717, 1.165) is 12.8 Å². The maximum atomic E-state index is 12.2. The van der Waals surface area contributed by atoms with Crippen LogP contribution in [-0.2, 0) is 14.9 Å². The zero-order chi connectivity index (χ0) is 17.0. The van der Waals surface area contributed by atoms with Crippen molar-refractivity contribution in [3.8, 4) is 0 Å². The number of carbonyl (C=O) groups is 1. The molecule has 8 heteroatoms. The number of likely N-dealkylation sites (tertiary alicyclic amines) is 1. The SMILES string of the molecule is CCN(CC)S(=O)(=O)NC[C@@H]1CCCN1C(=O)OC(C)(C)C. The molecule has 0 aromatic carbocycles. The molecule has 1 amide bonds. The van der Waals surface area contributed by atoms with E-state index < -0.39 is 15.8 Å². The molecule has 7 nitrogen and oxygen atoms in total. The predicted molar refractivity (Wildman–Crippen MR) is 85.8 cm³/mol. The smallest absolute Gasteiger partial charge is 0.410 e. The molecule has 0 aliphatic carbocycles. The number of ether oxygens (including phenoxy) is 1. The molecule has 0 aromatic rings. The van der Waals surface area contributed by atoms with E-state index in [1.807, 2.05) is 20.8 Å². The molecule has 1 aliphatic rings. The summed E-state index contributed by atoms with van der Waals surface area (Å²) >= 11 is 0. The summed E-state index contributed by atoms with van der Waals surface area (Å²) in [6, 6.07) is -0.153. The average Bonchev–Trinajstić information content (AvgIpc) is 2.84. The highest BCUT2D eigenvalue weighted by Crippen LogP contribution is 2.20. The third-order valence-corrected chi connectivity index (χ3v) is 5.28. The Morgan fingerprint density at radius 2 is 1.91 bits per heavy atom. The summed E-state index contributed by atoms with van der Waals surface area (Å²) < 4.78 is 33.6. The molecule has 1 N–H and O–H groups in total. The van der Waals surface area contributed by atoms with Crippen LogP contribution in [-0.4, -0.2) is 61.5 Å². The second-order valence-electron chi connectivity index (χ2n) is 6.41. The Hall–Kier alpha value is -0.860. The monoisotopic (exact) mass is 335 g/mol. The van der Waals surface area contributed by atoms with Gasteiger partial charge in [-0.05, 0) is 33.6 Å². The van der Waals surface area contributed by atoms with Crippen LogP contribution < -0.4 is 4.72 Å². The van der Waals surface area contributed by atoms with Gasteiger partial charge in [0, 0.05) is 32.2 Å². The molecule has 130 valence electrons. The van der Waals surface area contributed by atoms with Crippen molar-refractivity contribution in [2.24, 2.45) is 0 Å². The van der Waals surface area contributed by atoms with Gasteiger partial charge in [0.05, 0.1) is 0 Å². The van der Waals surface area contributed by atoms with Crippen molar-refractivity contribution < 1.29 is 17.9 Å². The van der Waals surface area contributed by atoms with Crippen LogP contribution in [0.4, 0.5) is 4.79 Å². The van der Waals surface area contributed by atoms with Gasteiger partial charge in [0.1, 0.15) is 5.60 Å². The molecule has 1 rings (SSSR count). The molecule has 1 fully saturated rings. The maximum Gasteiger partial charge on any atom is 0.410 e. The Labute approximate surface area is 134 Å². The Bertz CT molecular complexity index is 469. The van der Waals surface area contributed by atoms with Crippen LogP contribution in [0, 0.1) is 0 Å². The van der Waals surface area contributed by atoms with E-state index in [2.05, 4.69) is 4.72 Å². The zero-order valence-corrected chi connectivity index (χ0v) is 15.1. The van der Waals surface area contributed by atoms with Crippen molar-refractivity contribution in [3.63, 3.8) is 0 Å². The molecule has 1 atom stereocenters. The van der Waals surface area contributed by atoms with Crippen LogP contribution in [0.3, 0.4) is 0 Å². The highest BCUT2D eigenvalue weighted by Gasteiger charge is 2.33. The Balaban J connectivity index is 2.63. The zero-order valence-electron chi connectivity index (χ0n) is 14.3. The van der Waals surface area contributed by atoms with Gasteiger partial charge < -0.3 is 9.64 Å². The molecule has 0 unspecified atom stereocenters. The number of nitrogens with zero attached hydrogens (tertiary/aromatic N) is 2. The summed E-state index contributed by atoms with van der Waals surface area (Å²) in [6.45, 7) is 10.7. The van der Waals surface area contributed by atoms with Crippen LogP contribution in [0.1, 0.15) is 47.5 Å². The van der Waals surface area contributed by atoms with Gasteiger partial charge in [0.15, 0.2) is 0 Å². The van der Waals surface area contributed by atoms with Crippen LogP contribution >= 0.6 is 0 Å². The van der Waals surface area contributed by atoms with E-state index in [0.29, 0.717) is 19.6 Å². The lowest BCUT2D eigenvalue weighted by Gasteiger charge is -2.29. The van der Waals surface area contributed by atoms with E-state index >= 15 is 0 Å². The third-order valence-electron chi connectivity index (χ3n) is 3.55. The lowest BCUT2D eigenvalue weighted by Crippen LogP contribution is -2.48. The van der Waals surface area contributed by atoms with Gasteiger partial charge in [0.25, 0.3) is 10.2 Å². The highest BCUT2D eigenvalue weighted by molar-refractivity contribution is 7.87. The Morgan fingerprint density at radius 1 is 1.32 bits per heavy atom. The first kappa shape index (κ1) is 19.2. The summed E-state index contributed by atoms with van der Waals surface area (Å²) in [6.07, 6.45) is 1.26. The van der Waals surface area contributed by atoms with E-state index in [1.165, 1.54) is 4.31 Å². The van der Waals surface area contributed by atoms with Crippen molar-refractivity contribution in [1.29, 1.82) is 0 Å². The number of hydrogen-bond acceptors (Lipinski definition) is 4. The standard InChI is InChI=1S/C14H29N3O4S/c1-6-16(7-2)22(19,20)15-11-12-9-8-10-17(12)13(18)21-14(3,4)5/h12,15H,6-11H2,1-5H3/t12-/m0/s1. The minimum Gasteiger partial charge on any atom is -0.444 e. The highest BCUT2D eigenvalue weighted by atomic mass is 32.2. The minimum absolute atomic E-state index is 0.153. The molecule has 0 aromatic heterocycles. The maximum absolute atomic E-state index is 12.2. The molecule has 1 saturated heterocycles. The lowest BCUT2D eigenvalue weighted by atomic mass is 10.2. The number of amides is 1. The topological polar surface area (TPSA) is 79.0 Å². The minimum atomic E-state index is -3.49. The fraction of sp³-hybridized carbons (Fsp3) is 0.929. The lowest BCUT2D eigenvalue weighted by molar-refractivity contribution is 0.0229. The normalized spacial score (nSPS) is 19.7. The van der Waals surface area contributed by atoms with Crippen LogP contribution in [0.25, 0.3) is 0 Å². The summed E-state index contributed by atoms with van der Waals surface area (Å²) in [5.74, 6) is 0. The van der Waals surface area contributed by atoms with Gasteiger partial charge in [-0.25, -0.2) is 9.52 Å². The van der Waals surface area contributed by atoms with Gasteiger partial charge in [-0.15, -0.1) is 0 Å². The molecule has 1 heterocycles. The van der Waals surface area contributed by atoms with E-state index in [1.54, 1.807) is 18.7 Å². The van der Waals surface area contributed by atoms with E-state index in [9.17, 15) is 13.2 Å². The first-order valence-electron chi connectivity index (χ1n) is 7.85. The fourth-order valence-corrected chi connectivity index (χ4v) is 3.73. The largest absolute Gasteiger partial charge is 0.444 e. The quantitative estimate of drug-likeness (QED) is 0.799. The number of nitrogens with one attached hydrogen (secondary N) is 1. The van der Waals surface area contributed by atoms with Crippen molar-refractivity contribution >= 4 is 16.3 Å². The van der Waals surface area contributed by atoms with Gasteiger partial charge in [-0.1, -0.05) is 13.8 Å². The molecule has 22 heavy (non-hydrogen) atoms. The van der Waals surface area contributed by atoms with Crippen molar-refractivity contribution in [1.82, 2.24) is 13.9 Å². The summed E-state index contributed by atoms with van der Waals surface area (Å²) in [7, 11) is -3.49. The number of hydrogen-bond donors (Lipinski definition) is 1. The van der Waals surface area contributed by atoms with Crippen molar-refractivity contribution in [2.75, 3.05) is 26.2 Å². The third kappa shape index (κ3) is 5.40. The number of rotatable bonds is 6. The summed E-state index contributed by atoms with van der Waals surface area (Å²) in [5.41, 5.74) is -0.551. The second-order valence-corrected chi connectivity index (χ2v) is 8.16.